The Balaban J connectivity index is 2.41. The van der Waals surface area contributed by atoms with Crippen LogP contribution in [0.1, 0.15) is 105 Å². The SMILES string of the molecule is CC(C)(C)c1cc2c(c(C(C)(C)C)c1)[N]c1c-2cc(C(C)(C)C)cc1C(C)(C)C. The monoisotopic (exact) mass is 390 g/mol. The first-order valence-corrected chi connectivity index (χ1v) is 11.0. The zero-order valence-corrected chi connectivity index (χ0v) is 20.8. The summed E-state index contributed by atoms with van der Waals surface area (Å²) in [4.78, 5) is 0. The molecular weight excluding hydrogens is 350 g/mol. The Labute approximate surface area is 179 Å². The molecule has 0 unspecified atom stereocenters. The molecule has 3 rings (SSSR count). The predicted molar refractivity (Wildman–Crippen MR) is 128 cm³/mol. The van der Waals surface area contributed by atoms with Crippen LogP contribution in [0.15, 0.2) is 24.3 Å². The number of nitrogens with zero attached hydrogens (tertiary/aromatic N) is 1. The van der Waals surface area contributed by atoms with Crippen molar-refractivity contribution in [1.82, 2.24) is 5.32 Å². The molecule has 29 heavy (non-hydrogen) atoms. The van der Waals surface area contributed by atoms with Gasteiger partial charge in [-0.1, -0.05) is 95.2 Å². The predicted octanol–water partition coefficient (Wildman–Crippen LogP) is 8.42. The summed E-state index contributed by atoms with van der Waals surface area (Å²) < 4.78 is 0. The molecule has 1 nitrogen and oxygen atoms in total. The van der Waals surface area contributed by atoms with Gasteiger partial charge in [-0.3, -0.25) is 0 Å². The summed E-state index contributed by atoms with van der Waals surface area (Å²) in [6.45, 7) is 27.7. The molecule has 2 aromatic carbocycles. The van der Waals surface area contributed by atoms with E-state index in [0.717, 1.165) is 0 Å². The van der Waals surface area contributed by atoms with Gasteiger partial charge in [0.05, 0.1) is 11.4 Å². The fraction of sp³-hybridized carbons (Fsp3) is 0.571. The Bertz CT molecular complexity index is 869. The molecular formula is C28H40N. The van der Waals surface area contributed by atoms with Crippen LogP contribution in [-0.4, -0.2) is 0 Å². The second kappa shape index (κ2) is 6.37. The average Bonchev–Trinajstić information content (AvgIpc) is 2.87. The zero-order valence-electron chi connectivity index (χ0n) is 20.8. The van der Waals surface area contributed by atoms with Gasteiger partial charge in [0.2, 0.25) is 0 Å². The molecule has 0 spiro atoms. The van der Waals surface area contributed by atoms with Crippen LogP contribution in [-0.2, 0) is 21.7 Å². The molecule has 0 amide bonds. The number of hydrogen-bond acceptors (Lipinski definition) is 0. The van der Waals surface area contributed by atoms with Crippen LogP contribution in [0, 0.1) is 0 Å². The van der Waals surface area contributed by atoms with E-state index in [1.54, 1.807) is 0 Å². The maximum atomic E-state index is 5.29. The standard InChI is InChI=1S/C28H40N/c1-25(2,3)17-13-19-20-14-18(26(4,5)6)16-22(28(10,11)12)24(20)29-23(19)21(15-17)27(7,8)9/h13-16H,1-12H3. The Morgan fingerprint density at radius 3 is 1.00 bits per heavy atom. The van der Waals surface area contributed by atoms with Crippen LogP contribution in [0.5, 0.6) is 0 Å². The van der Waals surface area contributed by atoms with Gasteiger partial charge in [0.1, 0.15) is 0 Å². The van der Waals surface area contributed by atoms with Crippen LogP contribution in [0.25, 0.3) is 11.1 Å². The lowest BCUT2D eigenvalue weighted by atomic mass is 9.76. The molecule has 157 valence electrons. The van der Waals surface area contributed by atoms with Gasteiger partial charge in [-0.2, -0.15) is 0 Å². The summed E-state index contributed by atoms with van der Waals surface area (Å²) in [6, 6.07) is 9.60. The summed E-state index contributed by atoms with van der Waals surface area (Å²) in [5, 5.41) is 5.29. The first-order chi connectivity index (χ1) is 12.9. The highest BCUT2D eigenvalue weighted by atomic mass is 14.9. The maximum Gasteiger partial charge on any atom is 0.0753 e. The third kappa shape index (κ3) is 3.98. The molecule has 0 atom stereocenters. The molecule has 0 aromatic heterocycles. The molecule has 1 heteroatoms. The highest BCUT2D eigenvalue weighted by Gasteiger charge is 2.35. The first kappa shape index (κ1) is 21.9. The van der Waals surface area contributed by atoms with E-state index in [9.17, 15) is 0 Å². The highest BCUT2D eigenvalue weighted by Crippen LogP contribution is 2.53. The Morgan fingerprint density at radius 1 is 0.448 bits per heavy atom. The Kier molecular flexibility index (Phi) is 4.82. The van der Waals surface area contributed by atoms with Gasteiger partial charge in [-0.25, -0.2) is 5.32 Å². The van der Waals surface area contributed by atoms with E-state index in [1.807, 2.05) is 0 Å². The molecule has 0 bridgehead atoms. The molecule has 0 saturated carbocycles. The molecule has 1 aliphatic rings. The van der Waals surface area contributed by atoms with Crippen LogP contribution in [0.2, 0.25) is 0 Å². The highest BCUT2D eigenvalue weighted by molar-refractivity contribution is 5.95. The van der Waals surface area contributed by atoms with E-state index in [-0.39, 0.29) is 21.7 Å². The minimum absolute atomic E-state index is 0.0473. The minimum atomic E-state index is 0.0473. The van der Waals surface area contributed by atoms with Gasteiger partial charge in [-0.15, -0.1) is 0 Å². The van der Waals surface area contributed by atoms with Crippen LogP contribution in [0.3, 0.4) is 0 Å². The van der Waals surface area contributed by atoms with Crippen LogP contribution < -0.4 is 5.32 Å². The van der Waals surface area contributed by atoms with Crippen molar-refractivity contribution in [3.8, 4) is 11.1 Å². The van der Waals surface area contributed by atoms with Gasteiger partial charge in [-0.05, 0) is 56.0 Å². The van der Waals surface area contributed by atoms with E-state index in [4.69, 9.17) is 5.32 Å². The fourth-order valence-electron chi connectivity index (χ4n) is 4.04. The fourth-order valence-corrected chi connectivity index (χ4v) is 4.04. The van der Waals surface area contributed by atoms with E-state index in [1.165, 1.54) is 44.8 Å². The molecule has 0 fully saturated rings. The van der Waals surface area contributed by atoms with E-state index < -0.39 is 0 Å². The summed E-state index contributed by atoms with van der Waals surface area (Å²) in [5.74, 6) is 0. The van der Waals surface area contributed by atoms with Crippen molar-refractivity contribution < 1.29 is 0 Å². The summed E-state index contributed by atoms with van der Waals surface area (Å²) in [5.41, 5.74) is 10.8. The Morgan fingerprint density at radius 2 is 0.759 bits per heavy atom. The van der Waals surface area contributed by atoms with Crippen molar-refractivity contribution in [2.45, 2.75) is 105 Å². The Hall–Kier alpha value is -1.76. The van der Waals surface area contributed by atoms with E-state index in [2.05, 4.69) is 107 Å². The van der Waals surface area contributed by atoms with Crippen LogP contribution in [0.4, 0.5) is 11.4 Å². The van der Waals surface area contributed by atoms with Crippen molar-refractivity contribution in [2.75, 3.05) is 0 Å². The smallest absolute Gasteiger partial charge is 0.0753 e. The normalized spacial score (nSPS) is 14.5. The van der Waals surface area contributed by atoms with Gasteiger partial charge in [0.15, 0.2) is 0 Å². The lowest BCUT2D eigenvalue weighted by Gasteiger charge is -2.27. The van der Waals surface area contributed by atoms with Gasteiger partial charge < -0.3 is 0 Å². The zero-order chi connectivity index (χ0) is 22.2. The topological polar surface area (TPSA) is 14.1 Å². The summed E-state index contributed by atoms with van der Waals surface area (Å²) in [6.07, 6.45) is 0. The molecule has 1 aliphatic heterocycles. The van der Waals surface area contributed by atoms with E-state index in [0.29, 0.717) is 0 Å². The molecule has 0 saturated heterocycles. The van der Waals surface area contributed by atoms with Crippen molar-refractivity contribution in [3.05, 3.63) is 46.5 Å². The lowest BCUT2D eigenvalue weighted by molar-refractivity contribution is 0.567. The molecule has 0 aliphatic carbocycles. The van der Waals surface area contributed by atoms with Gasteiger partial charge in [0, 0.05) is 11.1 Å². The second-order valence-corrected chi connectivity index (χ2v) is 13.0. The van der Waals surface area contributed by atoms with Gasteiger partial charge in [0.25, 0.3) is 0 Å². The molecule has 2 aromatic rings. The van der Waals surface area contributed by atoms with Crippen molar-refractivity contribution in [1.29, 1.82) is 0 Å². The van der Waals surface area contributed by atoms with Crippen molar-refractivity contribution in [3.63, 3.8) is 0 Å². The first-order valence-electron chi connectivity index (χ1n) is 11.0. The maximum absolute atomic E-state index is 5.29. The summed E-state index contributed by atoms with van der Waals surface area (Å²) in [7, 11) is 0. The van der Waals surface area contributed by atoms with Crippen LogP contribution >= 0.6 is 0 Å². The summed E-state index contributed by atoms with van der Waals surface area (Å²) >= 11 is 0. The largest absolute Gasteiger partial charge is 0.247 e. The number of benzene rings is 2. The number of fused-ring (bicyclic) bond motifs is 3. The molecule has 1 heterocycles. The average molecular weight is 391 g/mol. The van der Waals surface area contributed by atoms with Crippen molar-refractivity contribution >= 4 is 11.4 Å². The third-order valence-corrected chi connectivity index (χ3v) is 6.08. The number of hydrogen-bond donors (Lipinski definition) is 0. The quantitative estimate of drug-likeness (QED) is 0.366. The second-order valence-electron chi connectivity index (χ2n) is 13.0. The van der Waals surface area contributed by atoms with Crippen molar-refractivity contribution in [2.24, 2.45) is 0 Å². The van der Waals surface area contributed by atoms with Gasteiger partial charge >= 0.3 is 0 Å². The lowest BCUT2D eigenvalue weighted by Crippen LogP contribution is -2.18. The molecule has 1 radical (unpaired) electrons. The van der Waals surface area contributed by atoms with E-state index >= 15 is 0 Å². The third-order valence-electron chi connectivity index (χ3n) is 6.08. The molecule has 0 N–H and O–H groups in total. The minimum Gasteiger partial charge on any atom is -0.247 e. The number of rotatable bonds is 0.